The van der Waals surface area contributed by atoms with E-state index in [1.807, 2.05) is 37.3 Å². The molecule has 0 atom stereocenters. The Morgan fingerprint density at radius 3 is 2.63 bits per heavy atom. The van der Waals surface area contributed by atoms with Crippen molar-refractivity contribution in [2.75, 3.05) is 0 Å². The number of H-pyrrole nitrogens is 1. The van der Waals surface area contributed by atoms with E-state index in [0.717, 1.165) is 22.2 Å². The average Bonchev–Trinajstić information content (AvgIpc) is 2.65. The summed E-state index contributed by atoms with van der Waals surface area (Å²) in [5.41, 5.74) is 5.30. The zero-order chi connectivity index (χ0) is 13.4. The predicted octanol–water partition coefficient (Wildman–Crippen LogP) is 2.99. The zero-order valence-corrected chi connectivity index (χ0v) is 11.1. The van der Waals surface area contributed by atoms with Crippen LogP contribution >= 0.6 is 0 Å². The van der Waals surface area contributed by atoms with Gasteiger partial charge in [-0.3, -0.25) is 4.57 Å². The molecular weight excluding hydrogens is 236 g/mol. The fourth-order valence-corrected chi connectivity index (χ4v) is 2.43. The average molecular weight is 252 g/mol. The van der Waals surface area contributed by atoms with E-state index in [1.165, 1.54) is 5.56 Å². The number of hydrogen-bond acceptors (Lipinski definition) is 1. The Hall–Kier alpha value is -2.29. The highest BCUT2D eigenvalue weighted by atomic mass is 16.1. The number of aromatic amines is 1. The van der Waals surface area contributed by atoms with Gasteiger partial charge in [0.15, 0.2) is 0 Å². The van der Waals surface area contributed by atoms with Gasteiger partial charge in [-0.15, -0.1) is 0 Å². The molecule has 0 aliphatic carbocycles. The lowest BCUT2D eigenvalue weighted by molar-refractivity contribution is 0.786. The second-order valence-electron chi connectivity index (χ2n) is 5.03. The SMILES string of the molecule is Cc1cccc(Cn2c(=O)[nH]c3cc(C)ccc32)c1. The maximum Gasteiger partial charge on any atom is 0.326 e. The Morgan fingerprint density at radius 2 is 1.84 bits per heavy atom. The summed E-state index contributed by atoms with van der Waals surface area (Å²) in [6.07, 6.45) is 0. The first-order valence-corrected chi connectivity index (χ1v) is 6.38. The second-order valence-corrected chi connectivity index (χ2v) is 5.03. The molecule has 1 N–H and O–H groups in total. The van der Waals surface area contributed by atoms with Gasteiger partial charge < -0.3 is 4.98 Å². The summed E-state index contributed by atoms with van der Waals surface area (Å²) in [6.45, 7) is 4.68. The van der Waals surface area contributed by atoms with Gasteiger partial charge in [-0.05, 0) is 37.1 Å². The Balaban J connectivity index is 2.10. The van der Waals surface area contributed by atoms with Gasteiger partial charge in [0.2, 0.25) is 0 Å². The quantitative estimate of drug-likeness (QED) is 0.748. The van der Waals surface area contributed by atoms with Crippen molar-refractivity contribution in [2.45, 2.75) is 20.4 Å². The van der Waals surface area contributed by atoms with Crippen LogP contribution in [-0.2, 0) is 6.54 Å². The Kier molecular flexibility index (Phi) is 2.75. The van der Waals surface area contributed by atoms with Crippen LogP contribution in [0.2, 0.25) is 0 Å². The van der Waals surface area contributed by atoms with Crippen molar-refractivity contribution in [3.8, 4) is 0 Å². The number of fused-ring (bicyclic) bond motifs is 1. The largest absolute Gasteiger partial charge is 0.326 e. The minimum absolute atomic E-state index is 0.0536. The fourth-order valence-electron chi connectivity index (χ4n) is 2.43. The van der Waals surface area contributed by atoms with E-state index in [0.29, 0.717) is 6.54 Å². The van der Waals surface area contributed by atoms with E-state index in [2.05, 4.69) is 24.0 Å². The van der Waals surface area contributed by atoms with Gasteiger partial charge in [-0.25, -0.2) is 4.79 Å². The Labute approximate surface area is 111 Å². The summed E-state index contributed by atoms with van der Waals surface area (Å²) < 4.78 is 1.78. The van der Waals surface area contributed by atoms with Crippen LogP contribution in [0.5, 0.6) is 0 Å². The van der Waals surface area contributed by atoms with Crippen LogP contribution in [-0.4, -0.2) is 9.55 Å². The number of imidazole rings is 1. The van der Waals surface area contributed by atoms with Crippen LogP contribution in [0, 0.1) is 13.8 Å². The molecule has 0 spiro atoms. The molecule has 1 aromatic heterocycles. The third-order valence-electron chi connectivity index (χ3n) is 3.35. The molecule has 3 aromatic rings. The molecule has 19 heavy (non-hydrogen) atoms. The smallest absolute Gasteiger partial charge is 0.306 e. The van der Waals surface area contributed by atoms with Crippen LogP contribution in [0.15, 0.2) is 47.3 Å². The number of rotatable bonds is 2. The van der Waals surface area contributed by atoms with E-state index in [-0.39, 0.29) is 5.69 Å². The van der Waals surface area contributed by atoms with E-state index < -0.39 is 0 Å². The normalized spacial score (nSPS) is 11.1. The molecule has 3 rings (SSSR count). The van der Waals surface area contributed by atoms with Crippen molar-refractivity contribution in [3.05, 3.63) is 69.6 Å². The Bertz CT molecular complexity index is 796. The lowest BCUT2D eigenvalue weighted by Gasteiger charge is -2.05. The van der Waals surface area contributed by atoms with Gasteiger partial charge in [0.05, 0.1) is 17.6 Å². The van der Waals surface area contributed by atoms with Crippen molar-refractivity contribution in [1.29, 1.82) is 0 Å². The van der Waals surface area contributed by atoms with Gasteiger partial charge in [0.25, 0.3) is 0 Å². The van der Waals surface area contributed by atoms with Crippen molar-refractivity contribution >= 4 is 11.0 Å². The van der Waals surface area contributed by atoms with E-state index in [9.17, 15) is 4.79 Å². The van der Waals surface area contributed by atoms with Crippen molar-refractivity contribution < 1.29 is 0 Å². The first-order chi connectivity index (χ1) is 9.13. The number of nitrogens with zero attached hydrogens (tertiary/aromatic N) is 1. The van der Waals surface area contributed by atoms with Gasteiger partial charge in [-0.2, -0.15) is 0 Å². The maximum atomic E-state index is 12.0. The summed E-state index contributed by atoms with van der Waals surface area (Å²) in [5.74, 6) is 0. The van der Waals surface area contributed by atoms with Crippen molar-refractivity contribution in [2.24, 2.45) is 0 Å². The number of hydrogen-bond donors (Lipinski definition) is 1. The van der Waals surface area contributed by atoms with E-state index in [4.69, 9.17) is 0 Å². The number of aromatic nitrogens is 2. The number of benzene rings is 2. The summed E-state index contributed by atoms with van der Waals surface area (Å²) >= 11 is 0. The molecular formula is C16H16N2O. The Morgan fingerprint density at radius 1 is 1.05 bits per heavy atom. The standard InChI is InChI=1S/C16H16N2O/c1-11-4-3-5-13(8-11)10-18-15-7-6-12(2)9-14(15)17-16(18)19/h3-9H,10H2,1-2H3,(H,17,19). The van der Waals surface area contributed by atoms with Crippen LogP contribution in [0.4, 0.5) is 0 Å². The number of nitrogens with one attached hydrogen (secondary N) is 1. The predicted molar refractivity (Wildman–Crippen MR) is 77.6 cm³/mol. The number of aryl methyl sites for hydroxylation is 2. The summed E-state index contributed by atoms with van der Waals surface area (Å²) in [7, 11) is 0. The molecule has 0 saturated heterocycles. The molecule has 0 aliphatic rings. The van der Waals surface area contributed by atoms with E-state index >= 15 is 0 Å². The highest BCUT2D eigenvalue weighted by Crippen LogP contribution is 2.14. The summed E-state index contributed by atoms with van der Waals surface area (Å²) in [4.78, 5) is 15.0. The van der Waals surface area contributed by atoms with Crippen LogP contribution < -0.4 is 5.69 Å². The molecule has 0 radical (unpaired) electrons. The third kappa shape index (κ3) is 2.19. The van der Waals surface area contributed by atoms with Gasteiger partial charge in [0, 0.05) is 0 Å². The van der Waals surface area contributed by atoms with Gasteiger partial charge in [0.1, 0.15) is 0 Å². The molecule has 0 fully saturated rings. The minimum Gasteiger partial charge on any atom is -0.306 e. The van der Waals surface area contributed by atoms with Gasteiger partial charge >= 0.3 is 5.69 Å². The molecule has 3 heteroatoms. The maximum absolute atomic E-state index is 12.0. The molecule has 0 bridgehead atoms. The zero-order valence-electron chi connectivity index (χ0n) is 11.1. The molecule has 96 valence electrons. The minimum atomic E-state index is -0.0536. The lowest BCUT2D eigenvalue weighted by Crippen LogP contribution is -2.17. The lowest BCUT2D eigenvalue weighted by atomic mass is 10.1. The molecule has 0 unspecified atom stereocenters. The van der Waals surface area contributed by atoms with Crippen molar-refractivity contribution in [3.63, 3.8) is 0 Å². The second kappa shape index (κ2) is 4.43. The van der Waals surface area contributed by atoms with Crippen LogP contribution in [0.25, 0.3) is 11.0 Å². The molecule has 3 nitrogen and oxygen atoms in total. The van der Waals surface area contributed by atoms with Crippen molar-refractivity contribution in [1.82, 2.24) is 9.55 Å². The van der Waals surface area contributed by atoms with E-state index in [1.54, 1.807) is 4.57 Å². The summed E-state index contributed by atoms with van der Waals surface area (Å²) in [6, 6.07) is 14.3. The monoisotopic (exact) mass is 252 g/mol. The third-order valence-corrected chi connectivity index (χ3v) is 3.35. The highest BCUT2D eigenvalue weighted by Gasteiger charge is 2.07. The fraction of sp³-hybridized carbons (Fsp3) is 0.188. The van der Waals surface area contributed by atoms with Gasteiger partial charge in [-0.1, -0.05) is 35.9 Å². The van der Waals surface area contributed by atoms with Crippen LogP contribution in [0.1, 0.15) is 16.7 Å². The molecule has 0 saturated carbocycles. The molecule has 1 heterocycles. The first-order valence-electron chi connectivity index (χ1n) is 6.38. The van der Waals surface area contributed by atoms with Crippen LogP contribution in [0.3, 0.4) is 0 Å². The molecule has 2 aromatic carbocycles. The first kappa shape index (κ1) is 11.8. The topological polar surface area (TPSA) is 37.8 Å². The highest BCUT2D eigenvalue weighted by molar-refractivity contribution is 5.76. The molecule has 0 amide bonds. The molecule has 0 aliphatic heterocycles. The summed E-state index contributed by atoms with van der Waals surface area (Å²) in [5, 5.41) is 0.